The summed E-state index contributed by atoms with van der Waals surface area (Å²) >= 11 is 0. The number of carbonyl (C=O) groups is 2. The number of alkyl halides is 2. The minimum atomic E-state index is -3.23. The van der Waals surface area contributed by atoms with Crippen LogP contribution in [0.5, 0.6) is 0 Å². The normalized spacial score (nSPS) is 16.5. The molecule has 230 valence electrons. The van der Waals surface area contributed by atoms with Gasteiger partial charge < -0.3 is 15.0 Å². The first-order valence-electron chi connectivity index (χ1n) is 13.8. The Morgan fingerprint density at radius 3 is 2.51 bits per heavy atom. The van der Waals surface area contributed by atoms with Crippen LogP contribution in [0, 0.1) is 12.7 Å². The molecule has 0 saturated carbocycles. The summed E-state index contributed by atoms with van der Waals surface area (Å²) in [4.78, 5) is 32.5. The molecule has 0 aliphatic carbocycles. The standard InChI is InChI=1S/C31H35F3N4O4S/c1-20-25(21-9-6-10-22(32)17-21)19-35-27(38-15-8-13-31(33,34)14-16-38)26(20)28(39)36-23-11-7-12-24(18-23)43(5,41)37-29(40)42-30(2,3)4/h6-7,9-12,17-19H,8,13-16H2,1-5H3,(H,36,39)/t43-/m0/s1. The van der Waals surface area contributed by atoms with Gasteiger partial charge in [0.2, 0.25) is 5.92 Å². The van der Waals surface area contributed by atoms with E-state index in [2.05, 4.69) is 14.7 Å². The number of aromatic nitrogens is 1. The van der Waals surface area contributed by atoms with E-state index in [9.17, 15) is 27.0 Å². The van der Waals surface area contributed by atoms with Gasteiger partial charge in [-0.25, -0.2) is 27.2 Å². The average molecular weight is 617 g/mol. The van der Waals surface area contributed by atoms with Crippen LogP contribution in [0.2, 0.25) is 0 Å². The summed E-state index contributed by atoms with van der Waals surface area (Å²) in [5, 5.41) is 2.79. The molecule has 2 amide bonds. The Bertz CT molecular complexity index is 1660. The molecule has 0 spiro atoms. The number of hydrogen-bond acceptors (Lipinski definition) is 6. The molecule has 8 nitrogen and oxygen atoms in total. The molecular formula is C31H35F3N4O4S. The SMILES string of the molecule is Cc1c(-c2cccc(F)c2)cnc(N2CCCC(F)(F)CC2)c1C(=O)Nc1cccc([S@](C)(=O)=NC(=O)OC(C)(C)C)c1. The number of pyridine rings is 1. The van der Waals surface area contributed by atoms with Gasteiger partial charge in [0.15, 0.2) is 0 Å². The smallest absolute Gasteiger partial charge is 0.442 e. The maximum Gasteiger partial charge on any atom is 0.442 e. The van der Waals surface area contributed by atoms with Crippen LogP contribution in [0.1, 0.15) is 56.0 Å². The van der Waals surface area contributed by atoms with Crippen LogP contribution in [0.15, 0.2) is 64.0 Å². The van der Waals surface area contributed by atoms with Gasteiger partial charge in [-0.2, -0.15) is 0 Å². The van der Waals surface area contributed by atoms with Crippen molar-refractivity contribution < 1.29 is 31.7 Å². The first kappa shape index (κ1) is 32.0. The van der Waals surface area contributed by atoms with E-state index in [1.165, 1.54) is 36.7 Å². The molecule has 4 rings (SSSR count). The predicted molar refractivity (Wildman–Crippen MR) is 161 cm³/mol. The van der Waals surface area contributed by atoms with Crippen molar-refractivity contribution in [3.63, 3.8) is 0 Å². The molecule has 0 bridgehead atoms. The van der Waals surface area contributed by atoms with Gasteiger partial charge in [0.1, 0.15) is 17.2 Å². The van der Waals surface area contributed by atoms with Crippen molar-refractivity contribution in [2.45, 2.75) is 63.4 Å². The lowest BCUT2D eigenvalue weighted by molar-refractivity contribution is -0.0102. The van der Waals surface area contributed by atoms with Gasteiger partial charge in [-0.3, -0.25) is 4.79 Å². The fourth-order valence-corrected chi connectivity index (χ4v) is 5.91. The van der Waals surface area contributed by atoms with Crippen LogP contribution >= 0.6 is 0 Å². The summed E-state index contributed by atoms with van der Waals surface area (Å²) in [6.07, 6.45) is 1.41. The van der Waals surface area contributed by atoms with E-state index in [1.54, 1.807) is 56.9 Å². The predicted octanol–water partition coefficient (Wildman–Crippen LogP) is 7.47. The highest BCUT2D eigenvalue weighted by molar-refractivity contribution is 7.93. The van der Waals surface area contributed by atoms with Crippen molar-refractivity contribution in [2.24, 2.45) is 4.36 Å². The van der Waals surface area contributed by atoms with E-state index in [-0.39, 0.29) is 54.3 Å². The number of rotatable bonds is 5. The summed E-state index contributed by atoms with van der Waals surface area (Å²) in [6, 6.07) is 12.0. The van der Waals surface area contributed by atoms with Crippen LogP contribution in [-0.4, -0.2) is 52.1 Å². The molecule has 43 heavy (non-hydrogen) atoms. The third kappa shape index (κ3) is 8.13. The van der Waals surface area contributed by atoms with Crippen molar-refractivity contribution in [1.82, 2.24) is 4.98 Å². The second-order valence-electron chi connectivity index (χ2n) is 11.6. The van der Waals surface area contributed by atoms with Crippen LogP contribution in [0.3, 0.4) is 0 Å². The largest absolute Gasteiger partial charge is 0.442 e. The van der Waals surface area contributed by atoms with Crippen LogP contribution in [0.4, 0.5) is 29.5 Å². The van der Waals surface area contributed by atoms with Crippen molar-refractivity contribution >= 4 is 33.2 Å². The zero-order chi connectivity index (χ0) is 31.6. The second-order valence-corrected chi connectivity index (χ2v) is 13.8. The maximum absolute atomic E-state index is 14.2. The molecule has 2 heterocycles. The van der Waals surface area contributed by atoms with Gasteiger partial charge in [0.05, 0.1) is 15.3 Å². The quantitative estimate of drug-likeness (QED) is 0.319. The number of benzene rings is 2. The Hall–Kier alpha value is -3.93. The summed E-state index contributed by atoms with van der Waals surface area (Å²) in [6.45, 7) is 6.97. The molecule has 1 aliphatic heterocycles. The molecule has 1 aliphatic rings. The topological polar surface area (TPSA) is 101 Å². The number of amides is 2. The Labute approximate surface area is 249 Å². The third-order valence-corrected chi connectivity index (χ3v) is 8.50. The molecule has 1 fully saturated rings. The highest BCUT2D eigenvalue weighted by Crippen LogP contribution is 2.35. The van der Waals surface area contributed by atoms with E-state index in [0.717, 1.165) is 0 Å². The number of hydrogen-bond donors (Lipinski definition) is 1. The van der Waals surface area contributed by atoms with Crippen molar-refractivity contribution in [1.29, 1.82) is 0 Å². The Balaban J connectivity index is 1.73. The van der Waals surface area contributed by atoms with Crippen LogP contribution < -0.4 is 10.2 Å². The highest BCUT2D eigenvalue weighted by atomic mass is 32.2. The molecular weight excluding hydrogens is 581 g/mol. The molecule has 0 radical (unpaired) electrons. The molecule has 1 N–H and O–H groups in total. The number of nitrogens with zero attached hydrogens (tertiary/aromatic N) is 3. The molecule has 1 aromatic heterocycles. The summed E-state index contributed by atoms with van der Waals surface area (Å²) < 4.78 is 64.7. The van der Waals surface area contributed by atoms with E-state index >= 15 is 0 Å². The van der Waals surface area contributed by atoms with Crippen LogP contribution in [-0.2, 0) is 14.5 Å². The van der Waals surface area contributed by atoms with Gasteiger partial charge in [0, 0.05) is 54.5 Å². The van der Waals surface area contributed by atoms with Gasteiger partial charge in [-0.05, 0) is 75.6 Å². The van der Waals surface area contributed by atoms with Crippen LogP contribution in [0.25, 0.3) is 11.1 Å². The van der Waals surface area contributed by atoms with Crippen molar-refractivity contribution in [3.8, 4) is 11.1 Å². The van der Waals surface area contributed by atoms with Gasteiger partial charge in [-0.15, -0.1) is 4.36 Å². The number of anilines is 2. The molecule has 12 heteroatoms. The molecule has 1 atom stereocenters. The fourth-order valence-electron chi connectivity index (χ4n) is 4.80. The van der Waals surface area contributed by atoms with E-state index in [4.69, 9.17) is 4.74 Å². The van der Waals surface area contributed by atoms with Gasteiger partial charge in [0.25, 0.3) is 5.91 Å². The lowest BCUT2D eigenvalue weighted by Gasteiger charge is -2.26. The number of nitrogens with one attached hydrogen (secondary N) is 1. The fraction of sp³-hybridized carbons (Fsp3) is 0.387. The second kappa shape index (κ2) is 12.4. The Kier molecular flexibility index (Phi) is 9.19. The average Bonchev–Trinajstić information content (AvgIpc) is 3.07. The first-order valence-corrected chi connectivity index (χ1v) is 15.7. The van der Waals surface area contributed by atoms with Gasteiger partial charge in [-0.1, -0.05) is 18.2 Å². The summed E-state index contributed by atoms with van der Waals surface area (Å²) in [5.41, 5.74) is 1.09. The highest BCUT2D eigenvalue weighted by Gasteiger charge is 2.33. The number of carbonyl (C=O) groups excluding carboxylic acids is 2. The monoisotopic (exact) mass is 616 g/mol. The van der Waals surface area contributed by atoms with Crippen molar-refractivity contribution in [2.75, 3.05) is 29.6 Å². The summed E-state index contributed by atoms with van der Waals surface area (Å²) in [5.74, 6) is -3.62. The first-order chi connectivity index (χ1) is 20.0. The lowest BCUT2D eigenvalue weighted by atomic mass is 9.97. The molecule has 0 unspecified atom stereocenters. The molecule has 3 aromatic rings. The third-order valence-electron chi connectivity index (χ3n) is 6.87. The Morgan fingerprint density at radius 2 is 1.81 bits per heavy atom. The molecule has 1 saturated heterocycles. The molecule has 2 aromatic carbocycles. The van der Waals surface area contributed by atoms with E-state index in [1.807, 2.05) is 0 Å². The lowest BCUT2D eigenvalue weighted by Crippen LogP contribution is -2.30. The summed E-state index contributed by atoms with van der Waals surface area (Å²) in [7, 11) is -3.23. The van der Waals surface area contributed by atoms with E-state index < -0.39 is 39.1 Å². The Morgan fingerprint density at radius 1 is 1.09 bits per heavy atom. The zero-order valence-electron chi connectivity index (χ0n) is 24.7. The minimum absolute atomic E-state index is 0.00141. The van der Waals surface area contributed by atoms with Gasteiger partial charge >= 0.3 is 6.09 Å². The van der Waals surface area contributed by atoms with Crippen molar-refractivity contribution in [3.05, 3.63) is 71.7 Å². The number of ether oxygens (including phenoxy) is 1. The number of halogens is 3. The maximum atomic E-state index is 14.2. The zero-order valence-corrected chi connectivity index (χ0v) is 25.6. The minimum Gasteiger partial charge on any atom is -0.442 e. The van der Waals surface area contributed by atoms with E-state index in [0.29, 0.717) is 16.7 Å².